The Labute approximate surface area is 127 Å². The molecule has 1 aromatic rings. The highest BCUT2D eigenvalue weighted by atomic mass is 35.5. The van der Waals surface area contributed by atoms with Crippen molar-refractivity contribution in [2.75, 3.05) is 20.6 Å². The molecule has 1 aromatic carbocycles. The SMILES string of the molecule is CNCc1ccc(Cl)c(S(=O)(=O)N(C)CCC(C)C)c1. The van der Waals surface area contributed by atoms with E-state index in [1.807, 2.05) is 13.1 Å². The minimum absolute atomic E-state index is 0.179. The number of sulfonamides is 1. The average molecular weight is 319 g/mol. The van der Waals surface area contributed by atoms with E-state index in [1.54, 1.807) is 19.2 Å². The molecule has 1 rings (SSSR count). The van der Waals surface area contributed by atoms with Gasteiger partial charge >= 0.3 is 0 Å². The van der Waals surface area contributed by atoms with Crippen LogP contribution in [0.1, 0.15) is 25.8 Å². The van der Waals surface area contributed by atoms with Gasteiger partial charge in [0.15, 0.2) is 0 Å². The fraction of sp³-hybridized carbons (Fsp3) is 0.571. The van der Waals surface area contributed by atoms with Gasteiger partial charge in [-0.05, 0) is 37.1 Å². The van der Waals surface area contributed by atoms with Gasteiger partial charge in [-0.3, -0.25) is 0 Å². The molecule has 0 aromatic heterocycles. The van der Waals surface area contributed by atoms with Gasteiger partial charge in [-0.1, -0.05) is 31.5 Å². The average Bonchev–Trinajstić information content (AvgIpc) is 2.38. The lowest BCUT2D eigenvalue weighted by Crippen LogP contribution is -2.29. The first-order chi connectivity index (χ1) is 9.28. The van der Waals surface area contributed by atoms with E-state index in [0.717, 1.165) is 12.0 Å². The fourth-order valence-electron chi connectivity index (χ4n) is 1.79. The van der Waals surface area contributed by atoms with Crippen molar-refractivity contribution in [1.82, 2.24) is 9.62 Å². The molecule has 0 spiro atoms. The number of benzene rings is 1. The zero-order valence-corrected chi connectivity index (χ0v) is 14.1. The molecule has 0 heterocycles. The third-order valence-corrected chi connectivity index (χ3v) is 5.42. The summed E-state index contributed by atoms with van der Waals surface area (Å²) in [5.74, 6) is 0.457. The molecule has 20 heavy (non-hydrogen) atoms. The molecule has 0 aliphatic heterocycles. The highest BCUT2D eigenvalue weighted by Crippen LogP contribution is 2.25. The molecule has 0 bridgehead atoms. The Morgan fingerprint density at radius 2 is 2.00 bits per heavy atom. The van der Waals surface area contributed by atoms with Crippen molar-refractivity contribution in [1.29, 1.82) is 0 Å². The van der Waals surface area contributed by atoms with Gasteiger partial charge in [0.05, 0.1) is 5.02 Å². The van der Waals surface area contributed by atoms with Crippen LogP contribution in [0.4, 0.5) is 0 Å². The first-order valence-electron chi connectivity index (χ1n) is 6.68. The summed E-state index contributed by atoms with van der Waals surface area (Å²) in [5.41, 5.74) is 0.896. The van der Waals surface area contributed by atoms with Crippen molar-refractivity contribution in [3.05, 3.63) is 28.8 Å². The third kappa shape index (κ3) is 4.45. The van der Waals surface area contributed by atoms with E-state index in [0.29, 0.717) is 19.0 Å². The molecule has 4 nitrogen and oxygen atoms in total. The fourth-order valence-corrected chi connectivity index (χ4v) is 3.49. The summed E-state index contributed by atoms with van der Waals surface area (Å²) >= 11 is 6.06. The lowest BCUT2D eigenvalue weighted by Gasteiger charge is -2.19. The molecule has 0 saturated heterocycles. The maximum Gasteiger partial charge on any atom is 0.244 e. The van der Waals surface area contributed by atoms with Crippen molar-refractivity contribution < 1.29 is 8.42 Å². The number of nitrogens with zero attached hydrogens (tertiary/aromatic N) is 1. The van der Waals surface area contributed by atoms with Crippen LogP contribution < -0.4 is 5.32 Å². The monoisotopic (exact) mass is 318 g/mol. The van der Waals surface area contributed by atoms with Crippen LogP contribution in [0.15, 0.2) is 23.1 Å². The summed E-state index contributed by atoms with van der Waals surface area (Å²) in [6.45, 7) is 5.24. The molecule has 0 aliphatic rings. The Morgan fingerprint density at radius 1 is 1.35 bits per heavy atom. The molecule has 0 unspecified atom stereocenters. The zero-order chi connectivity index (χ0) is 15.3. The summed E-state index contributed by atoms with van der Waals surface area (Å²) in [4.78, 5) is 0.179. The molecule has 0 saturated carbocycles. The van der Waals surface area contributed by atoms with Crippen molar-refractivity contribution in [2.45, 2.75) is 31.7 Å². The summed E-state index contributed by atoms with van der Waals surface area (Å²) in [5, 5.41) is 3.26. The smallest absolute Gasteiger partial charge is 0.244 e. The third-order valence-electron chi connectivity index (χ3n) is 3.09. The van der Waals surface area contributed by atoms with Gasteiger partial charge in [0.2, 0.25) is 10.0 Å². The lowest BCUT2D eigenvalue weighted by molar-refractivity contribution is 0.428. The quantitative estimate of drug-likeness (QED) is 0.841. The lowest BCUT2D eigenvalue weighted by atomic mass is 10.1. The highest BCUT2D eigenvalue weighted by molar-refractivity contribution is 7.89. The summed E-state index contributed by atoms with van der Waals surface area (Å²) < 4.78 is 26.5. The minimum Gasteiger partial charge on any atom is -0.316 e. The molecular weight excluding hydrogens is 296 g/mol. The van der Waals surface area contributed by atoms with E-state index >= 15 is 0 Å². The maximum absolute atomic E-state index is 12.5. The van der Waals surface area contributed by atoms with E-state index in [1.165, 1.54) is 4.31 Å². The van der Waals surface area contributed by atoms with Gasteiger partial charge in [0, 0.05) is 20.1 Å². The second-order valence-electron chi connectivity index (χ2n) is 5.30. The van der Waals surface area contributed by atoms with Crippen molar-refractivity contribution in [3.8, 4) is 0 Å². The van der Waals surface area contributed by atoms with E-state index < -0.39 is 10.0 Å². The molecule has 0 atom stereocenters. The van der Waals surface area contributed by atoms with Crippen LogP contribution in [0.2, 0.25) is 5.02 Å². The molecule has 6 heteroatoms. The Hall–Kier alpha value is -0.620. The van der Waals surface area contributed by atoms with Gasteiger partial charge in [-0.15, -0.1) is 0 Å². The van der Waals surface area contributed by atoms with Crippen molar-refractivity contribution in [3.63, 3.8) is 0 Å². The highest BCUT2D eigenvalue weighted by Gasteiger charge is 2.23. The molecule has 0 radical (unpaired) electrons. The predicted molar refractivity (Wildman–Crippen MR) is 83.5 cm³/mol. The van der Waals surface area contributed by atoms with Gasteiger partial charge < -0.3 is 5.32 Å². The second kappa shape index (κ2) is 7.41. The zero-order valence-electron chi connectivity index (χ0n) is 12.5. The number of nitrogens with one attached hydrogen (secondary N) is 1. The van der Waals surface area contributed by atoms with E-state index in [-0.39, 0.29) is 9.92 Å². The number of halogens is 1. The van der Waals surface area contributed by atoms with Crippen LogP contribution >= 0.6 is 11.6 Å². The van der Waals surface area contributed by atoms with Crippen LogP contribution in [0.3, 0.4) is 0 Å². The molecule has 0 amide bonds. The molecule has 1 N–H and O–H groups in total. The van der Waals surface area contributed by atoms with Crippen LogP contribution in [-0.2, 0) is 16.6 Å². The topological polar surface area (TPSA) is 49.4 Å². The van der Waals surface area contributed by atoms with Gasteiger partial charge in [-0.25, -0.2) is 12.7 Å². The Balaban J connectivity index is 3.04. The van der Waals surface area contributed by atoms with Crippen LogP contribution in [0, 0.1) is 5.92 Å². The van der Waals surface area contributed by atoms with E-state index in [4.69, 9.17) is 11.6 Å². The summed E-state index contributed by atoms with van der Waals surface area (Å²) in [6.07, 6.45) is 0.823. The van der Waals surface area contributed by atoms with E-state index in [2.05, 4.69) is 19.2 Å². The van der Waals surface area contributed by atoms with Crippen LogP contribution in [0.25, 0.3) is 0 Å². The number of rotatable bonds is 7. The Bertz CT molecular complexity index is 544. The second-order valence-corrected chi connectivity index (χ2v) is 7.72. The van der Waals surface area contributed by atoms with Gasteiger partial charge in [0.25, 0.3) is 0 Å². The van der Waals surface area contributed by atoms with Crippen LogP contribution in [0.5, 0.6) is 0 Å². The minimum atomic E-state index is -3.53. The molecule has 0 aliphatic carbocycles. The Morgan fingerprint density at radius 3 is 2.55 bits per heavy atom. The normalized spacial score (nSPS) is 12.3. The number of hydrogen-bond donors (Lipinski definition) is 1. The van der Waals surface area contributed by atoms with Gasteiger partial charge in [0.1, 0.15) is 4.90 Å². The van der Waals surface area contributed by atoms with Gasteiger partial charge in [-0.2, -0.15) is 0 Å². The van der Waals surface area contributed by atoms with E-state index in [9.17, 15) is 8.42 Å². The number of hydrogen-bond acceptors (Lipinski definition) is 3. The first kappa shape index (κ1) is 17.4. The Kier molecular flexibility index (Phi) is 6.45. The maximum atomic E-state index is 12.5. The van der Waals surface area contributed by atoms with Crippen molar-refractivity contribution >= 4 is 21.6 Å². The molecule has 0 fully saturated rings. The van der Waals surface area contributed by atoms with Crippen LogP contribution in [-0.4, -0.2) is 33.4 Å². The summed E-state index contributed by atoms with van der Waals surface area (Å²) in [7, 11) is -0.120. The molecular formula is C14H23ClN2O2S. The van der Waals surface area contributed by atoms with Crippen molar-refractivity contribution in [2.24, 2.45) is 5.92 Å². The molecule has 114 valence electrons. The predicted octanol–water partition coefficient (Wildman–Crippen LogP) is 2.73. The standard InChI is InChI=1S/C14H23ClN2O2S/c1-11(2)7-8-17(4)20(18,19)14-9-12(10-16-3)5-6-13(14)15/h5-6,9,11,16H,7-8,10H2,1-4H3. The largest absolute Gasteiger partial charge is 0.316 e. The first-order valence-corrected chi connectivity index (χ1v) is 8.50. The summed E-state index contributed by atoms with van der Waals surface area (Å²) in [6, 6.07) is 5.10.